The average Bonchev–Trinajstić information content (AvgIpc) is 2.88. The Morgan fingerprint density at radius 1 is 1.47 bits per heavy atom. The molecule has 0 saturated carbocycles. The Hall–Kier alpha value is -1.52. The lowest BCUT2D eigenvalue weighted by molar-refractivity contribution is 0.408. The maximum atomic E-state index is 5.54. The number of aromatic nitrogens is 2. The smallest absolute Gasteiger partial charge is 0.204 e. The molecule has 0 amide bonds. The fourth-order valence-electron chi connectivity index (χ4n) is 2.80. The summed E-state index contributed by atoms with van der Waals surface area (Å²) < 4.78 is 5.54. The number of anilines is 2. The number of nitrogens with one attached hydrogen (secondary N) is 1. The Labute approximate surface area is 115 Å². The molecule has 1 saturated heterocycles. The third-order valence-electron chi connectivity index (χ3n) is 3.67. The maximum absolute atomic E-state index is 5.54. The van der Waals surface area contributed by atoms with Gasteiger partial charge in [0, 0.05) is 19.1 Å². The first-order valence-corrected chi connectivity index (χ1v) is 7.08. The van der Waals surface area contributed by atoms with E-state index in [-0.39, 0.29) is 0 Å². The van der Waals surface area contributed by atoms with Gasteiger partial charge >= 0.3 is 0 Å². The Balaban J connectivity index is 2.35. The van der Waals surface area contributed by atoms with Gasteiger partial charge in [-0.15, -0.1) is 0 Å². The van der Waals surface area contributed by atoms with Crippen LogP contribution in [-0.2, 0) is 0 Å². The molecule has 1 aliphatic rings. The number of ether oxygens (including phenoxy) is 1. The minimum atomic E-state index is 0.540. The number of hydrogen-bond acceptors (Lipinski definition) is 5. The molecule has 5 nitrogen and oxygen atoms in total. The molecule has 0 aliphatic carbocycles. The molecular weight excluding hydrogens is 240 g/mol. The highest BCUT2D eigenvalue weighted by atomic mass is 16.5. The third-order valence-corrected chi connectivity index (χ3v) is 3.67. The highest BCUT2D eigenvalue weighted by molar-refractivity contribution is 5.65. The van der Waals surface area contributed by atoms with Gasteiger partial charge in [0.1, 0.15) is 6.33 Å². The van der Waals surface area contributed by atoms with E-state index in [2.05, 4.69) is 34.0 Å². The van der Waals surface area contributed by atoms with Crippen molar-refractivity contribution in [2.75, 3.05) is 30.4 Å². The number of rotatable bonds is 5. The van der Waals surface area contributed by atoms with Gasteiger partial charge in [-0.05, 0) is 25.7 Å². The largest absolute Gasteiger partial charge is 0.490 e. The lowest BCUT2D eigenvalue weighted by atomic mass is 10.0. The minimum absolute atomic E-state index is 0.540. The van der Waals surface area contributed by atoms with Crippen molar-refractivity contribution in [3.8, 4) is 5.75 Å². The van der Waals surface area contributed by atoms with Crippen molar-refractivity contribution in [2.24, 2.45) is 5.92 Å². The van der Waals surface area contributed by atoms with Crippen molar-refractivity contribution in [1.29, 1.82) is 0 Å². The Morgan fingerprint density at radius 3 is 2.89 bits per heavy atom. The summed E-state index contributed by atoms with van der Waals surface area (Å²) in [5.41, 5.74) is 0. The normalized spacial score (nSPS) is 19.0. The van der Waals surface area contributed by atoms with Crippen LogP contribution in [0.4, 0.5) is 11.6 Å². The van der Waals surface area contributed by atoms with Crippen molar-refractivity contribution >= 4 is 11.6 Å². The predicted molar refractivity (Wildman–Crippen MR) is 78.0 cm³/mol. The number of methoxy groups -OCH3 is 1. The molecule has 1 fully saturated rings. The van der Waals surface area contributed by atoms with Gasteiger partial charge in [0.15, 0.2) is 11.6 Å². The first-order valence-electron chi connectivity index (χ1n) is 7.08. The summed E-state index contributed by atoms with van der Waals surface area (Å²) in [6.45, 7) is 8.44. The van der Waals surface area contributed by atoms with Gasteiger partial charge in [-0.2, -0.15) is 0 Å². The maximum Gasteiger partial charge on any atom is 0.204 e. The summed E-state index contributed by atoms with van der Waals surface area (Å²) >= 11 is 0. The van der Waals surface area contributed by atoms with E-state index >= 15 is 0 Å². The Kier molecular flexibility index (Phi) is 4.45. The van der Waals surface area contributed by atoms with Crippen LogP contribution in [0.2, 0.25) is 0 Å². The quantitative estimate of drug-likeness (QED) is 0.885. The average molecular weight is 264 g/mol. The summed E-state index contributed by atoms with van der Waals surface area (Å²) in [6.07, 6.45) is 4.06. The van der Waals surface area contributed by atoms with E-state index < -0.39 is 0 Å². The van der Waals surface area contributed by atoms with Crippen LogP contribution < -0.4 is 15.0 Å². The zero-order chi connectivity index (χ0) is 13.8. The van der Waals surface area contributed by atoms with Gasteiger partial charge in [-0.1, -0.05) is 13.8 Å². The summed E-state index contributed by atoms with van der Waals surface area (Å²) in [4.78, 5) is 11.1. The van der Waals surface area contributed by atoms with Crippen LogP contribution in [-0.4, -0.2) is 36.2 Å². The van der Waals surface area contributed by atoms with Gasteiger partial charge in [-0.25, -0.2) is 9.97 Å². The molecule has 5 heteroatoms. The van der Waals surface area contributed by atoms with Crippen molar-refractivity contribution < 1.29 is 4.74 Å². The molecule has 1 aromatic rings. The zero-order valence-corrected chi connectivity index (χ0v) is 12.3. The van der Waals surface area contributed by atoms with Crippen LogP contribution in [0.1, 0.15) is 33.6 Å². The highest BCUT2D eigenvalue weighted by Crippen LogP contribution is 2.37. The van der Waals surface area contributed by atoms with E-state index in [9.17, 15) is 0 Å². The third kappa shape index (κ3) is 2.74. The summed E-state index contributed by atoms with van der Waals surface area (Å²) in [5.74, 6) is 3.08. The second-order valence-corrected chi connectivity index (χ2v) is 5.26. The van der Waals surface area contributed by atoms with E-state index in [1.807, 2.05) is 6.92 Å². The van der Waals surface area contributed by atoms with Gasteiger partial charge in [0.05, 0.1) is 7.11 Å². The lowest BCUT2D eigenvalue weighted by Gasteiger charge is -2.30. The monoisotopic (exact) mass is 264 g/mol. The number of nitrogens with zero attached hydrogens (tertiary/aromatic N) is 3. The predicted octanol–water partition coefficient (Wildman–Crippen LogP) is 2.54. The van der Waals surface area contributed by atoms with Crippen molar-refractivity contribution in [3.63, 3.8) is 0 Å². The minimum Gasteiger partial charge on any atom is -0.490 e. The van der Waals surface area contributed by atoms with Crippen molar-refractivity contribution in [3.05, 3.63) is 6.33 Å². The van der Waals surface area contributed by atoms with Gasteiger partial charge in [0.25, 0.3) is 0 Å². The molecule has 106 valence electrons. The molecule has 1 N–H and O–H groups in total. The van der Waals surface area contributed by atoms with Crippen molar-refractivity contribution in [2.45, 2.75) is 39.7 Å². The molecule has 1 unspecified atom stereocenters. The van der Waals surface area contributed by atoms with E-state index in [0.29, 0.717) is 12.0 Å². The Morgan fingerprint density at radius 2 is 2.26 bits per heavy atom. The first kappa shape index (κ1) is 13.9. The summed E-state index contributed by atoms with van der Waals surface area (Å²) in [7, 11) is 1.68. The molecule has 19 heavy (non-hydrogen) atoms. The lowest BCUT2D eigenvalue weighted by Crippen LogP contribution is -2.34. The fourth-order valence-corrected chi connectivity index (χ4v) is 2.80. The molecule has 2 rings (SSSR count). The SMILES string of the molecule is CCNc1ncnc(N2CCCC2C(C)C)c1OC. The molecule has 0 aromatic carbocycles. The van der Waals surface area contributed by atoms with Gasteiger partial charge < -0.3 is 15.0 Å². The van der Waals surface area contributed by atoms with Crippen LogP contribution in [0.15, 0.2) is 6.33 Å². The van der Waals surface area contributed by atoms with Crippen LogP contribution >= 0.6 is 0 Å². The van der Waals surface area contributed by atoms with E-state index in [1.54, 1.807) is 13.4 Å². The molecule has 1 aliphatic heterocycles. The number of hydrogen-bond donors (Lipinski definition) is 1. The van der Waals surface area contributed by atoms with E-state index in [1.165, 1.54) is 12.8 Å². The van der Waals surface area contributed by atoms with Crippen molar-refractivity contribution in [1.82, 2.24) is 9.97 Å². The van der Waals surface area contributed by atoms with Gasteiger partial charge in [0.2, 0.25) is 5.75 Å². The van der Waals surface area contributed by atoms with Crippen LogP contribution in [0.3, 0.4) is 0 Å². The second kappa shape index (κ2) is 6.08. The van der Waals surface area contributed by atoms with Crippen LogP contribution in [0, 0.1) is 5.92 Å². The topological polar surface area (TPSA) is 50.3 Å². The van der Waals surface area contributed by atoms with Crippen LogP contribution in [0.5, 0.6) is 5.75 Å². The first-order chi connectivity index (χ1) is 9.19. The molecule has 2 heterocycles. The zero-order valence-electron chi connectivity index (χ0n) is 12.3. The van der Waals surface area contributed by atoms with Crippen LogP contribution in [0.25, 0.3) is 0 Å². The molecule has 1 aromatic heterocycles. The molecule has 0 spiro atoms. The second-order valence-electron chi connectivity index (χ2n) is 5.26. The molecule has 1 atom stereocenters. The molecular formula is C14H24N4O. The van der Waals surface area contributed by atoms with E-state index in [4.69, 9.17) is 4.74 Å². The standard InChI is InChI=1S/C14H24N4O/c1-5-15-13-12(19-4)14(17-9-16-13)18-8-6-7-11(18)10(2)3/h9-11H,5-8H2,1-4H3,(H,15,16,17). The Bertz CT molecular complexity index is 422. The highest BCUT2D eigenvalue weighted by Gasteiger charge is 2.31. The molecule has 0 radical (unpaired) electrons. The van der Waals surface area contributed by atoms with E-state index in [0.717, 1.165) is 30.5 Å². The van der Waals surface area contributed by atoms with Gasteiger partial charge in [-0.3, -0.25) is 0 Å². The fraction of sp³-hybridized carbons (Fsp3) is 0.714. The molecule has 0 bridgehead atoms. The summed E-state index contributed by atoms with van der Waals surface area (Å²) in [6, 6.07) is 0.540. The summed E-state index contributed by atoms with van der Waals surface area (Å²) in [5, 5.41) is 3.23.